The van der Waals surface area contributed by atoms with E-state index in [1.54, 1.807) is 0 Å². The summed E-state index contributed by atoms with van der Waals surface area (Å²) >= 11 is 2.45. The molecule has 0 saturated carbocycles. The molecule has 0 radical (unpaired) electrons. The first-order valence-corrected chi connectivity index (χ1v) is 11.3. The van der Waals surface area contributed by atoms with Crippen molar-refractivity contribution in [1.29, 1.82) is 0 Å². The smallest absolute Gasteiger partial charge is 0.228 e. The van der Waals surface area contributed by atoms with Crippen LogP contribution in [0.4, 0.5) is 11.4 Å². The maximum atomic E-state index is 6.87. The van der Waals surface area contributed by atoms with E-state index in [2.05, 4.69) is 108 Å². The average molecular weight is 482 g/mol. The Morgan fingerprint density at radius 2 is 1.79 bits per heavy atom. The number of aliphatic imine (C=N–C) groups is 1. The molecule has 3 aromatic carbocycles. The van der Waals surface area contributed by atoms with Gasteiger partial charge in [-0.1, -0.05) is 71.1 Å². The van der Waals surface area contributed by atoms with E-state index in [-0.39, 0.29) is 5.41 Å². The van der Waals surface area contributed by atoms with Gasteiger partial charge in [0.2, 0.25) is 5.72 Å². The molecule has 2 heterocycles. The van der Waals surface area contributed by atoms with Crippen LogP contribution in [-0.4, -0.2) is 22.9 Å². The van der Waals surface area contributed by atoms with Crippen molar-refractivity contribution >= 4 is 51.0 Å². The second-order valence-corrected chi connectivity index (χ2v) is 9.11. The molecule has 1 atom stereocenters. The standard InChI is InChI=1S/C24H23IN2O/c1-23(2)19-10-5-6-11-20(19)27(15-7-14-25)24(23)16-26-22-18-9-4-3-8-17(18)12-13-21(22)28-24/h3-6,8-13,16H,7,14-15H2,1-2H3. The van der Waals surface area contributed by atoms with E-state index in [1.807, 2.05) is 0 Å². The number of benzene rings is 3. The minimum Gasteiger partial charge on any atom is -0.459 e. The number of para-hydroxylation sites is 1. The van der Waals surface area contributed by atoms with Crippen molar-refractivity contribution in [2.24, 2.45) is 4.99 Å². The second-order valence-electron chi connectivity index (χ2n) is 8.03. The molecule has 0 amide bonds. The van der Waals surface area contributed by atoms with Gasteiger partial charge in [-0.25, -0.2) is 0 Å². The van der Waals surface area contributed by atoms with Crippen LogP contribution >= 0.6 is 22.6 Å². The summed E-state index contributed by atoms with van der Waals surface area (Å²) in [7, 11) is 0. The van der Waals surface area contributed by atoms with Gasteiger partial charge in [0.25, 0.3) is 0 Å². The third-order valence-electron chi connectivity index (χ3n) is 6.18. The lowest BCUT2D eigenvalue weighted by molar-refractivity contribution is 0.0779. The molecule has 4 heteroatoms. The lowest BCUT2D eigenvalue weighted by Gasteiger charge is -2.46. The van der Waals surface area contributed by atoms with Gasteiger partial charge in [-0.15, -0.1) is 0 Å². The number of hydrogen-bond acceptors (Lipinski definition) is 3. The van der Waals surface area contributed by atoms with Gasteiger partial charge in [-0.2, -0.15) is 0 Å². The van der Waals surface area contributed by atoms with Gasteiger partial charge in [0.1, 0.15) is 11.4 Å². The van der Waals surface area contributed by atoms with Crippen molar-refractivity contribution < 1.29 is 4.74 Å². The highest BCUT2D eigenvalue weighted by Gasteiger charge is 2.59. The Bertz CT molecular complexity index is 1090. The highest BCUT2D eigenvalue weighted by atomic mass is 127. The third kappa shape index (κ3) is 2.36. The first-order chi connectivity index (χ1) is 13.6. The first kappa shape index (κ1) is 18.0. The number of halogens is 1. The molecule has 3 nitrogen and oxygen atoms in total. The summed E-state index contributed by atoms with van der Waals surface area (Å²) in [5, 5.41) is 2.33. The number of nitrogens with zero attached hydrogens (tertiary/aromatic N) is 2. The Morgan fingerprint density at radius 1 is 1.00 bits per heavy atom. The van der Waals surface area contributed by atoms with Crippen molar-refractivity contribution in [3.05, 3.63) is 66.2 Å². The minimum atomic E-state index is -0.613. The average Bonchev–Trinajstić information content (AvgIpc) is 2.90. The van der Waals surface area contributed by atoms with E-state index < -0.39 is 5.72 Å². The van der Waals surface area contributed by atoms with Crippen LogP contribution in [-0.2, 0) is 5.41 Å². The van der Waals surface area contributed by atoms with E-state index in [1.165, 1.54) is 16.6 Å². The molecule has 28 heavy (non-hydrogen) atoms. The molecule has 1 spiro atoms. The Morgan fingerprint density at radius 3 is 2.64 bits per heavy atom. The summed E-state index contributed by atoms with van der Waals surface area (Å²) in [5.41, 5.74) is 2.68. The summed E-state index contributed by atoms with van der Waals surface area (Å²) in [6, 6.07) is 21.3. The minimum absolute atomic E-state index is 0.221. The zero-order valence-corrected chi connectivity index (χ0v) is 18.3. The van der Waals surface area contributed by atoms with Crippen molar-refractivity contribution in [3.8, 4) is 5.75 Å². The molecule has 2 aliphatic heterocycles. The van der Waals surface area contributed by atoms with Gasteiger partial charge in [0.15, 0.2) is 0 Å². The number of rotatable bonds is 3. The van der Waals surface area contributed by atoms with Crippen LogP contribution in [0.25, 0.3) is 10.8 Å². The maximum Gasteiger partial charge on any atom is 0.228 e. The van der Waals surface area contributed by atoms with E-state index in [4.69, 9.17) is 9.73 Å². The number of fused-ring (bicyclic) bond motifs is 4. The monoisotopic (exact) mass is 482 g/mol. The Hall–Kier alpha value is -2.08. The first-order valence-electron chi connectivity index (χ1n) is 9.77. The van der Waals surface area contributed by atoms with Crippen LogP contribution in [0.15, 0.2) is 65.7 Å². The molecule has 1 unspecified atom stereocenters. The third-order valence-corrected chi connectivity index (χ3v) is 6.94. The van der Waals surface area contributed by atoms with Crippen LogP contribution < -0.4 is 9.64 Å². The van der Waals surface area contributed by atoms with Crippen LogP contribution in [0.2, 0.25) is 0 Å². The number of hydrogen-bond donors (Lipinski definition) is 0. The fourth-order valence-electron chi connectivity index (χ4n) is 4.66. The quantitative estimate of drug-likeness (QED) is 0.326. The zero-order chi connectivity index (χ0) is 19.4. The maximum absolute atomic E-state index is 6.87. The molecule has 0 N–H and O–H groups in total. The second kappa shape index (κ2) is 6.48. The van der Waals surface area contributed by atoms with Gasteiger partial charge in [0.05, 0.1) is 11.6 Å². The largest absolute Gasteiger partial charge is 0.459 e. The SMILES string of the molecule is CC1(C)c2ccccc2N(CCCI)C12C=Nc1c(ccc3ccccc13)O2. The molecule has 0 fully saturated rings. The molecular formula is C24H23IN2O. The van der Waals surface area contributed by atoms with Gasteiger partial charge in [-0.05, 0) is 43.4 Å². The van der Waals surface area contributed by atoms with E-state index in [0.29, 0.717) is 0 Å². The highest BCUT2D eigenvalue weighted by molar-refractivity contribution is 14.1. The van der Waals surface area contributed by atoms with Gasteiger partial charge in [0, 0.05) is 22.0 Å². The van der Waals surface area contributed by atoms with Crippen molar-refractivity contribution in [3.63, 3.8) is 0 Å². The summed E-state index contributed by atoms with van der Waals surface area (Å²) in [6.07, 6.45) is 3.16. The lowest BCUT2D eigenvalue weighted by Crippen LogP contribution is -2.62. The van der Waals surface area contributed by atoms with Crippen LogP contribution in [0, 0.1) is 0 Å². The molecule has 0 bridgehead atoms. The fourth-order valence-corrected chi connectivity index (χ4v) is 5.00. The molecule has 0 aliphatic carbocycles. The summed E-state index contributed by atoms with van der Waals surface area (Å²) in [4.78, 5) is 7.42. The van der Waals surface area contributed by atoms with Crippen molar-refractivity contribution in [2.75, 3.05) is 15.9 Å². The fraction of sp³-hybridized carbons (Fsp3) is 0.292. The number of ether oxygens (including phenoxy) is 1. The molecule has 0 saturated heterocycles. The number of anilines is 1. The van der Waals surface area contributed by atoms with Crippen molar-refractivity contribution in [1.82, 2.24) is 0 Å². The van der Waals surface area contributed by atoms with Crippen molar-refractivity contribution in [2.45, 2.75) is 31.4 Å². The van der Waals surface area contributed by atoms with Gasteiger partial charge < -0.3 is 9.64 Å². The predicted octanol–water partition coefficient (Wildman–Crippen LogP) is 6.25. The normalized spacial score (nSPS) is 21.6. The van der Waals surface area contributed by atoms with E-state index >= 15 is 0 Å². The highest BCUT2D eigenvalue weighted by Crippen LogP contribution is 2.54. The predicted molar refractivity (Wildman–Crippen MR) is 126 cm³/mol. The van der Waals surface area contributed by atoms with Crippen LogP contribution in [0.3, 0.4) is 0 Å². The Labute approximate surface area is 179 Å². The molecule has 0 aromatic heterocycles. The molecule has 142 valence electrons. The van der Waals surface area contributed by atoms with E-state index in [9.17, 15) is 0 Å². The number of alkyl halides is 1. The Balaban J connectivity index is 1.69. The molecule has 3 aromatic rings. The summed E-state index contributed by atoms with van der Waals surface area (Å²) in [5.74, 6) is 0.863. The van der Waals surface area contributed by atoms with E-state index in [0.717, 1.165) is 34.2 Å². The molecule has 2 aliphatic rings. The molecule has 5 rings (SSSR count). The summed E-state index contributed by atoms with van der Waals surface area (Å²) in [6.45, 7) is 5.49. The zero-order valence-electron chi connectivity index (χ0n) is 16.2. The topological polar surface area (TPSA) is 24.8 Å². The van der Waals surface area contributed by atoms with Gasteiger partial charge in [-0.3, -0.25) is 4.99 Å². The Kier molecular flexibility index (Phi) is 4.16. The van der Waals surface area contributed by atoms with Crippen LogP contribution in [0.1, 0.15) is 25.8 Å². The van der Waals surface area contributed by atoms with Crippen LogP contribution in [0.5, 0.6) is 5.75 Å². The lowest BCUT2D eigenvalue weighted by atomic mass is 9.77. The summed E-state index contributed by atoms with van der Waals surface area (Å²) < 4.78 is 7.99. The molecular weight excluding hydrogens is 459 g/mol. The van der Waals surface area contributed by atoms with Gasteiger partial charge >= 0.3 is 0 Å².